The molecule has 6 aromatic carbocycles. The van der Waals surface area contributed by atoms with E-state index < -0.39 is 26.7 Å². The largest absolute Gasteiger partial charge is 0.501 e. The number of furan rings is 1. The maximum atomic E-state index is 9.01. The molecule has 1 radical (unpaired) electrons. The Hall–Kier alpha value is -5.19. The van der Waals surface area contributed by atoms with Crippen molar-refractivity contribution in [3.63, 3.8) is 0 Å². The molecule has 5 heteroatoms. The maximum Gasteiger partial charge on any atom is 0.121 e. The fourth-order valence-corrected chi connectivity index (χ4v) is 9.61. The smallest absolute Gasteiger partial charge is 0.121 e. The van der Waals surface area contributed by atoms with Crippen LogP contribution in [0.15, 0.2) is 126 Å². The van der Waals surface area contributed by atoms with Gasteiger partial charge in [-0.3, -0.25) is 0 Å². The van der Waals surface area contributed by atoms with E-state index >= 15 is 0 Å². The van der Waals surface area contributed by atoms with Crippen molar-refractivity contribution in [2.24, 2.45) is 5.41 Å². The number of hydrogen-bond donors (Lipinski definition) is 0. The molecule has 3 nitrogen and oxygen atoms in total. The fraction of sp³-hybridized carbons (Fsp3) is 0.300. The van der Waals surface area contributed by atoms with Crippen molar-refractivity contribution in [3.05, 3.63) is 162 Å². The van der Waals surface area contributed by atoms with Crippen LogP contribution in [-0.4, -0.2) is 18.0 Å². The van der Waals surface area contributed by atoms with Gasteiger partial charge in [0.05, 0.1) is 13.7 Å². The van der Waals surface area contributed by atoms with Crippen LogP contribution < -0.4 is 5.19 Å². The summed E-state index contributed by atoms with van der Waals surface area (Å²) >= 11 is 0. The molecule has 0 aliphatic heterocycles. The Bertz CT molecular complexity index is 3320. The number of fused-ring (bicyclic) bond motifs is 6. The quantitative estimate of drug-likeness (QED) is 0.0865. The van der Waals surface area contributed by atoms with Crippen molar-refractivity contribution in [2.75, 3.05) is 0 Å². The maximum absolute atomic E-state index is 9.01. The van der Waals surface area contributed by atoms with E-state index in [2.05, 4.69) is 150 Å². The minimum Gasteiger partial charge on any atom is -0.501 e. The van der Waals surface area contributed by atoms with Gasteiger partial charge in [-0.25, -0.2) is 0 Å². The van der Waals surface area contributed by atoms with E-state index in [1.165, 1.54) is 39.2 Å². The van der Waals surface area contributed by atoms with Crippen LogP contribution in [0.2, 0.25) is 19.6 Å². The molecule has 65 heavy (non-hydrogen) atoms. The van der Waals surface area contributed by atoms with Gasteiger partial charge in [-0.15, -0.1) is 54.1 Å². The molecule has 0 amide bonds. The van der Waals surface area contributed by atoms with Gasteiger partial charge in [0.15, 0.2) is 0 Å². The van der Waals surface area contributed by atoms with Crippen LogP contribution >= 0.6 is 0 Å². The minimum absolute atomic E-state index is 0. The Kier molecular flexibility index (Phi) is 12.0. The van der Waals surface area contributed by atoms with Crippen LogP contribution in [0.4, 0.5) is 0 Å². The van der Waals surface area contributed by atoms with E-state index in [0.29, 0.717) is 34.6 Å². The molecule has 9 aromatic rings. The van der Waals surface area contributed by atoms with E-state index in [9.17, 15) is 0 Å². The van der Waals surface area contributed by atoms with Gasteiger partial charge in [0.1, 0.15) is 5.58 Å². The number of pyridine rings is 2. The average Bonchev–Trinajstić information content (AvgIpc) is 3.67. The summed E-state index contributed by atoms with van der Waals surface area (Å²) in [6.07, 6.45) is 1.36. The Morgan fingerprint density at radius 1 is 0.677 bits per heavy atom. The summed E-state index contributed by atoms with van der Waals surface area (Å²) in [4.78, 5) is 9.08. The van der Waals surface area contributed by atoms with Gasteiger partial charge in [0, 0.05) is 44.7 Å². The zero-order chi connectivity index (χ0) is 50.0. The molecule has 3 aromatic heterocycles. The van der Waals surface area contributed by atoms with Gasteiger partial charge >= 0.3 is 0 Å². The molecule has 0 bridgehead atoms. The summed E-state index contributed by atoms with van der Waals surface area (Å²) in [5, 5.41) is 7.74. The van der Waals surface area contributed by atoms with E-state index in [1.54, 1.807) is 26.8 Å². The predicted octanol–water partition coefficient (Wildman–Crippen LogP) is 16.8. The zero-order valence-electron chi connectivity index (χ0n) is 44.9. The van der Waals surface area contributed by atoms with Crippen LogP contribution in [0.3, 0.4) is 0 Å². The summed E-state index contributed by atoms with van der Waals surface area (Å²) in [6, 6.07) is 44.4. The van der Waals surface area contributed by atoms with Crippen molar-refractivity contribution in [3.8, 4) is 33.6 Å². The fourth-order valence-electron chi connectivity index (χ4n) is 8.57. The van der Waals surface area contributed by atoms with Crippen LogP contribution in [0.25, 0.3) is 77.1 Å². The summed E-state index contributed by atoms with van der Waals surface area (Å²) < 4.78 is 49.1. The Morgan fingerprint density at radius 3 is 1.98 bits per heavy atom. The molecule has 3 heterocycles. The molecule has 9 rings (SSSR count). The molecule has 0 aliphatic carbocycles. The number of hydrogen-bond acceptors (Lipinski definition) is 3. The molecule has 0 fully saturated rings. The first-order valence-electron chi connectivity index (χ1n) is 25.2. The van der Waals surface area contributed by atoms with E-state index in [4.69, 9.17) is 11.3 Å². The second-order valence-corrected chi connectivity index (χ2v) is 25.3. The molecule has 335 valence electrons. The number of aromatic nitrogens is 2. The molecule has 0 N–H and O–H groups in total. The van der Waals surface area contributed by atoms with Crippen molar-refractivity contribution >= 4 is 56.7 Å². The standard InChI is InChI=1S/C46H48NO.C14H16NSi.Ir/c1-26(2)33-20-37(27(3)4)44(38(21-33)28(5)6)32-17-15-30-14-16-31-18-41-35-12-11-13-36(45(35)48-43(41)23-40(31)39(30)19-32)42-22-34(24-46(8,9)10)29(7)25-47-42;1-16(2,3)13-9-10-14(15-11-13)12-7-5-4-6-8-12;/h11-12,14-23,25-28H,24H2,1-10H3;4-7,9-11H,1-3H3;/q2*-1;/i7D3,24D2;;. The zero-order valence-corrected chi connectivity index (χ0v) is 43.3. The van der Waals surface area contributed by atoms with Crippen molar-refractivity contribution in [1.29, 1.82) is 0 Å². The van der Waals surface area contributed by atoms with Gasteiger partial charge < -0.3 is 14.4 Å². The van der Waals surface area contributed by atoms with Crippen molar-refractivity contribution in [2.45, 2.75) is 113 Å². The Balaban J connectivity index is 0.000000360. The number of nitrogens with zero attached hydrogens (tertiary/aromatic N) is 2. The van der Waals surface area contributed by atoms with Crippen LogP contribution in [0.5, 0.6) is 0 Å². The first-order valence-corrected chi connectivity index (χ1v) is 26.2. The molecule has 0 aliphatic rings. The van der Waals surface area contributed by atoms with Gasteiger partial charge in [0.25, 0.3) is 0 Å². The van der Waals surface area contributed by atoms with Crippen molar-refractivity contribution < 1.29 is 31.4 Å². The first-order chi connectivity index (χ1) is 32.3. The molecular weight excluding hydrogens is 985 g/mol. The van der Waals surface area contributed by atoms with Gasteiger partial charge in [-0.1, -0.05) is 153 Å². The third kappa shape index (κ3) is 10.1. The Morgan fingerprint density at radius 2 is 1.37 bits per heavy atom. The Labute approximate surface area is 409 Å². The number of aryl methyl sites for hydroxylation is 1. The minimum atomic E-state index is -2.53. The summed E-state index contributed by atoms with van der Waals surface area (Å²) in [5.41, 5.74) is 10.2. The normalized spacial score (nSPS) is 13.7. The summed E-state index contributed by atoms with van der Waals surface area (Å²) in [5.74, 6) is 1.18. The monoisotopic (exact) mass is 1050 g/mol. The average molecular weight is 1050 g/mol. The molecule has 0 atom stereocenters. The molecule has 0 saturated heterocycles. The predicted molar refractivity (Wildman–Crippen MR) is 278 cm³/mol. The van der Waals surface area contributed by atoms with Gasteiger partial charge in [-0.05, 0) is 126 Å². The topological polar surface area (TPSA) is 38.9 Å². The van der Waals surface area contributed by atoms with Gasteiger partial charge in [0.2, 0.25) is 0 Å². The first kappa shape index (κ1) is 41.3. The van der Waals surface area contributed by atoms with Crippen LogP contribution in [0, 0.1) is 24.4 Å². The second-order valence-electron chi connectivity index (χ2n) is 20.3. The van der Waals surface area contributed by atoms with Crippen molar-refractivity contribution in [1.82, 2.24) is 9.97 Å². The second kappa shape index (κ2) is 19.0. The molecule has 0 unspecified atom stereocenters. The van der Waals surface area contributed by atoms with E-state index in [0.717, 1.165) is 49.2 Å². The van der Waals surface area contributed by atoms with E-state index in [-0.39, 0.29) is 31.2 Å². The SMILES string of the molecule is C[Si](C)(C)c1ccc(-c2[c-]cccc2)nc1.[2H]C([2H])([2H])c1cnc(-c2[c-]ccc3c2oc2cc4c(ccc5ccc(-c6c(C(C)C)cc(C(C)C)cc6C(C)C)cc54)cc23)cc1C([2H])([2H])C(C)(C)C.[Ir]. The number of rotatable bonds is 8. The summed E-state index contributed by atoms with van der Waals surface area (Å²) in [6.45, 7) is 23.5. The third-order valence-corrected chi connectivity index (χ3v) is 14.1. The molecule has 0 spiro atoms. The van der Waals surface area contributed by atoms with E-state index in [1.807, 2.05) is 42.6 Å². The van der Waals surface area contributed by atoms with Gasteiger partial charge in [-0.2, -0.15) is 0 Å². The van der Waals surface area contributed by atoms with Crippen LogP contribution in [0.1, 0.15) is 115 Å². The van der Waals surface area contributed by atoms with Crippen LogP contribution in [-0.2, 0) is 26.5 Å². The third-order valence-electron chi connectivity index (χ3n) is 12.1. The summed E-state index contributed by atoms with van der Waals surface area (Å²) in [7, 11) is -1.23. The molecule has 0 saturated carbocycles. The number of benzene rings is 6. The molecular formula is C60H64IrN2OSi-2.